The van der Waals surface area contributed by atoms with Gasteiger partial charge in [0.15, 0.2) is 0 Å². The molecule has 1 aromatic heterocycles. The molecule has 0 radical (unpaired) electrons. The second-order valence-electron chi connectivity index (χ2n) is 3.36. The highest BCUT2D eigenvalue weighted by molar-refractivity contribution is 7.80. The van der Waals surface area contributed by atoms with E-state index in [1.807, 2.05) is 12.3 Å². The first-order chi connectivity index (χ1) is 6.83. The first kappa shape index (κ1) is 9.46. The number of fused-ring (bicyclic) bond motifs is 1. The Labute approximate surface area is 89.3 Å². The van der Waals surface area contributed by atoms with Crippen molar-refractivity contribution < 1.29 is 0 Å². The maximum atomic E-state index is 4.23. The van der Waals surface area contributed by atoms with Crippen molar-refractivity contribution >= 4 is 29.2 Å². The number of aromatic nitrogens is 1. The normalized spacial score (nSPS) is 10.7. The van der Waals surface area contributed by atoms with Gasteiger partial charge in [0.25, 0.3) is 0 Å². The average molecular weight is 206 g/mol. The second kappa shape index (κ2) is 3.96. The Morgan fingerprint density at radius 3 is 2.93 bits per heavy atom. The van der Waals surface area contributed by atoms with E-state index in [1.54, 1.807) is 0 Å². The SMILES string of the molecule is CN(CCS)c1c[nH]c2ccccc12. The predicted molar refractivity (Wildman–Crippen MR) is 65.4 cm³/mol. The lowest BCUT2D eigenvalue weighted by atomic mass is 10.2. The number of rotatable bonds is 3. The molecule has 14 heavy (non-hydrogen) atoms. The van der Waals surface area contributed by atoms with E-state index in [-0.39, 0.29) is 0 Å². The standard InChI is InChI=1S/C11H14N2S/c1-13(6-7-14)11-8-12-10-5-3-2-4-9(10)11/h2-5,8,12,14H,6-7H2,1H3. The zero-order valence-electron chi connectivity index (χ0n) is 8.20. The van der Waals surface area contributed by atoms with Gasteiger partial charge in [-0.2, -0.15) is 12.6 Å². The zero-order chi connectivity index (χ0) is 9.97. The molecule has 1 N–H and O–H groups in total. The molecule has 0 amide bonds. The van der Waals surface area contributed by atoms with E-state index in [9.17, 15) is 0 Å². The molecule has 1 aromatic carbocycles. The summed E-state index contributed by atoms with van der Waals surface area (Å²) in [4.78, 5) is 5.47. The average Bonchev–Trinajstić information content (AvgIpc) is 2.61. The summed E-state index contributed by atoms with van der Waals surface area (Å²) < 4.78 is 0. The summed E-state index contributed by atoms with van der Waals surface area (Å²) in [6.45, 7) is 0.963. The van der Waals surface area contributed by atoms with Crippen molar-refractivity contribution in [1.29, 1.82) is 0 Å². The molecule has 2 nitrogen and oxygen atoms in total. The molecule has 2 aromatic rings. The lowest BCUT2D eigenvalue weighted by molar-refractivity contribution is 0.985. The molecular weight excluding hydrogens is 192 g/mol. The lowest BCUT2D eigenvalue weighted by Crippen LogP contribution is -2.18. The van der Waals surface area contributed by atoms with Crippen LogP contribution in [0.25, 0.3) is 10.9 Å². The van der Waals surface area contributed by atoms with Crippen LogP contribution in [0.5, 0.6) is 0 Å². The molecule has 0 fully saturated rings. The Morgan fingerprint density at radius 1 is 1.36 bits per heavy atom. The Morgan fingerprint density at radius 2 is 2.14 bits per heavy atom. The number of nitrogens with one attached hydrogen (secondary N) is 1. The van der Waals surface area contributed by atoms with E-state index in [4.69, 9.17) is 0 Å². The molecule has 0 atom stereocenters. The van der Waals surface area contributed by atoms with E-state index in [0.717, 1.165) is 12.3 Å². The highest BCUT2D eigenvalue weighted by Crippen LogP contribution is 2.25. The van der Waals surface area contributed by atoms with Crippen LogP contribution in [0, 0.1) is 0 Å². The van der Waals surface area contributed by atoms with Crippen LogP contribution in [0.3, 0.4) is 0 Å². The van der Waals surface area contributed by atoms with E-state index < -0.39 is 0 Å². The number of anilines is 1. The molecule has 0 spiro atoms. The van der Waals surface area contributed by atoms with Crippen LogP contribution >= 0.6 is 12.6 Å². The second-order valence-corrected chi connectivity index (χ2v) is 3.81. The molecule has 0 bridgehead atoms. The molecule has 0 aliphatic heterocycles. The van der Waals surface area contributed by atoms with Gasteiger partial charge in [0, 0.05) is 36.4 Å². The molecule has 0 aliphatic rings. The van der Waals surface area contributed by atoms with Crippen molar-refractivity contribution in [2.45, 2.75) is 0 Å². The van der Waals surface area contributed by atoms with Crippen LogP contribution < -0.4 is 4.90 Å². The molecule has 0 unspecified atom stereocenters. The molecular formula is C11H14N2S. The third-order valence-corrected chi connectivity index (χ3v) is 2.61. The monoisotopic (exact) mass is 206 g/mol. The number of hydrogen-bond acceptors (Lipinski definition) is 2. The van der Waals surface area contributed by atoms with E-state index in [0.29, 0.717) is 0 Å². The molecule has 0 saturated carbocycles. The molecule has 3 heteroatoms. The molecule has 2 rings (SSSR count). The smallest absolute Gasteiger partial charge is 0.0621 e. The summed E-state index contributed by atoms with van der Waals surface area (Å²) in [6, 6.07) is 8.33. The van der Waals surface area contributed by atoms with E-state index in [2.05, 4.69) is 47.8 Å². The fourth-order valence-electron chi connectivity index (χ4n) is 1.64. The Bertz CT molecular complexity index is 422. The third-order valence-electron chi connectivity index (χ3n) is 2.41. The Hall–Kier alpha value is -1.09. The Balaban J connectivity index is 2.42. The fourth-order valence-corrected chi connectivity index (χ4v) is 1.94. The van der Waals surface area contributed by atoms with Gasteiger partial charge in [-0.05, 0) is 6.07 Å². The summed E-state index contributed by atoms with van der Waals surface area (Å²) >= 11 is 4.23. The minimum absolute atomic E-state index is 0.871. The van der Waals surface area contributed by atoms with Crippen LogP contribution in [0.1, 0.15) is 0 Å². The van der Waals surface area contributed by atoms with Crippen molar-refractivity contribution in [2.75, 3.05) is 24.2 Å². The van der Waals surface area contributed by atoms with Gasteiger partial charge in [0.1, 0.15) is 0 Å². The molecule has 1 heterocycles. The fraction of sp³-hybridized carbons (Fsp3) is 0.273. The molecule has 74 valence electrons. The highest BCUT2D eigenvalue weighted by atomic mass is 32.1. The van der Waals surface area contributed by atoms with Crippen LogP contribution in [0.2, 0.25) is 0 Å². The summed E-state index contributed by atoms with van der Waals surface area (Å²) in [5.74, 6) is 0.871. The van der Waals surface area contributed by atoms with Crippen molar-refractivity contribution in [1.82, 2.24) is 4.98 Å². The van der Waals surface area contributed by atoms with Gasteiger partial charge >= 0.3 is 0 Å². The van der Waals surface area contributed by atoms with Gasteiger partial charge in [0.05, 0.1) is 5.69 Å². The summed E-state index contributed by atoms with van der Waals surface area (Å²) in [5, 5.41) is 1.27. The van der Waals surface area contributed by atoms with Crippen LogP contribution in [-0.2, 0) is 0 Å². The van der Waals surface area contributed by atoms with Crippen molar-refractivity contribution in [3.05, 3.63) is 30.5 Å². The molecule has 0 saturated heterocycles. The van der Waals surface area contributed by atoms with Gasteiger partial charge in [-0.1, -0.05) is 18.2 Å². The van der Waals surface area contributed by atoms with Crippen molar-refractivity contribution in [3.63, 3.8) is 0 Å². The number of hydrogen-bond donors (Lipinski definition) is 2. The number of nitrogens with zero attached hydrogens (tertiary/aromatic N) is 1. The summed E-state index contributed by atoms with van der Waals surface area (Å²) in [7, 11) is 2.09. The van der Waals surface area contributed by atoms with Crippen molar-refractivity contribution in [2.24, 2.45) is 0 Å². The summed E-state index contributed by atoms with van der Waals surface area (Å²) in [5.41, 5.74) is 2.43. The van der Waals surface area contributed by atoms with Crippen LogP contribution in [-0.4, -0.2) is 24.3 Å². The highest BCUT2D eigenvalue weighted by Gasteiger charge is 2.05. The predicted octanol–water partition coefficient (Wildman–Crippen LogP) is 2.53. The van der Waals surface area contributed by atoms with E-state index in [1.165, 1.54) is 16.6 Å². The van der Waals surface area contributed by atoms with Gasteiger partial charge in [0.2, 0.25) is 0 Å². The largest absolute Gasteiger partial charge is 0.372 e. The van der Waals surface area contributed by atoms with Gasteiger partial charge in [-0.3, -0.25) is 0 Å². The minimum Gasteiger partial charge on any atom is -0.372 e. The lowest BCUT2D eigenvalue weighted by Gasteiger charge is -2.16. The Kier molecular flexibility index (Phi) is 2.68. The maximum absolute atomic E-state index is 4.23. The first-order valence-electron chi connectivity index (χ1n) is 4.71. The van der Waals surface area contributed by atoms with Crippen molar-refractivity contribution in [3.8, 4) is 0 Å². The third kappa shape index (κ3) is 1.60. The van der Waals surface area contributed by atoms with Gasteiger partial charge < -0.3 is 9.88 Å². The minimum atomic E-state index is 0.871. The number of benzene rings is 1. The molecule has 0 aliphatic carbocycles. The number of para-hydroxylation sites is 1. The first-order valence-corrected chi connectivity index (χ1v) is 5.34. The number of thiol groups is 1. The number of aromatic amines is 1. The zero-order valence-corrected chi connectivity index (χ0v) is 9.09. The van der Waals surface area contributed by atoms with Gasteiger partial charge in [-0.25, -0.2) is 0 Å². The maximum Gasteiger partial charge on any atom is 0.0621 e. The summed E-state index contributed by atoms with van der Waals surface area (Å²) in [6.07, 6.45) is 2.05. The van der Waals surface area contributed by atoms with E-state index >= 15 is 0 Å². The van der Waals surface area contributed by atoms with Crippen LogP contribution in [0.4, 0.5) is 5.69 Å². The topological polar surface area (TPSA) is 19.0 Å². The number of H-pyrrole nitrogens is 1. The van der Waals surface area contributed by atoms with Gasteiger partial charge in [-0.15, -0.1) is 0 Å². The van der Waals surface area contributed by atoms with Crippen LogP contribution in [0.15, 0.2) is 30.5 Å². The quantitative estimate of drug-likeness (QED) is 0.739.